The molecule has 9 heteroatoms. The third-order valence-corrected chi connectivity index (χ3v) is 2.66. The molecule has 0 aliphatic rings. The molecule has 1 aromatic heterocycles. The van der Waals surface area contributed by atoms with Crippen LogP contribution in [0.4, 0.5) is 18.9 Å². The standard InChI is InChI=1S/C12H9F3N3O2.Y/c1-6-2-3-7(4-8(6)16)18-10(19)5-9(12(13,14)15)17-11(18)20;/h2,4-5H,16H2,1H3,(H,17,20);/q-1;. The number of anilines is 1. The molecule has 0 saturated heterocycles. The first-order valence-corrected chi connectivity index (χ1v) is 5.42. The quantitative estimate of drug-likeness (QED) is 0.583. The van der Waals surface area contributed by atoms with E-state index in [2.05, 4.69) is 6.07 Å². The average Bonchev–Trinajstić information content (AvgIpc) is 2.31. The third kappa shape index (κ3) is 3.62. The summed E-state index contributed by atoms with van der Waals surface area (Å²) in [6, 6.07) is 5.66. The Labute approximate surface area is 141 Å². The van der Waals surface area contributed by atoms with Crippen LogP contribution in [-0.4, -0.2) is 9.55 Å². The van der Waals surface area contributed by atoms with Crippen LogP contribution in [0.15, 0.2) is 27.8 Å². The molecule has 1 radical (unpaired) electrons. The minimum Gasteiger partial charge on any atom is -0.419 e. The number of hydrogen-bond donors (Lipinski definition) is 2. The summed E-state index contributed by atoms with van der Waals surface area (Å²) in [6.45, 7) is 1.69. The molecule has 0 unspecified atom stereocenters. The number of benzene rings is 1. The Morgan fingerprint density at radius 1 is 1.29 bits per heavy atom. The molecular weight excluding hydrogens is 364 g/mol. The van der Waals surface area contributed by atoms with Gasteiger partial charge in [-0.15, -0.1) is 11.6 Å². The summed E-state index contributed by atoms with van der Waals surface area (Å²) in [5, 5.41) is 0. The summed E-state index contributed by atoms with van der Waals surface area (Å²) in [7, 11) is 0. The molecule has 21 heavy (non-hydrogen) atoms. The van der Waals surface area contributed by atoms with Gasteiger partial charge in [-0.05, 0) is 0 Å². The predicted octanol–water partition coefficient (Wildman–Crippen LogP) is 1.23. The molecule has 2 rings (SSSR count). The molecule has 0 bridgehead atoms. The molecule has 1 heterocycles. The Balaban J connectivity index is 0.00000220. The first kappa shape index (κ1) is 17.6. The third-order valence-electron chi connectivity index (χ3n) is 2.66. The minimum absolute atomic E-state index is 0. The van der Waals surface area contributed by atoms with Gasteiger partial charge in [0.05, 0.1) is 0 Å². The van der Waals surface area contributed by atoms with E-state index in [1.54, 1.807) is 11.9 Å². The number of rotatable bonds is 1. The summed E-state index contributed by atoms with van der Waals surface area (Å²) in [4.78, 5) is 24.9. The molecule has 1 aromatic carbocycles. The number of nitrogens with two attached hydrogens (primary N) is 1. The number of halogens is 3. The number of alkyl halides is 3. The molecule has 3 N–H and O–H groups in total. The number of aryl methyl sites for hydroxylation is 1. The molecule has 0 aliphatic carbocycles. The summed E-state index contributed by atoms with van der Waals surface area (Å²) in [5.74, 6) is 0. The molecule has 2 aromatic rings. The van der Waals surface area contributed by atoms with Crippen molar-refractivity contribution < 1.29 is 45.9 Å². The maximum absolute atomic E-state index is 12.5. The van der Waals surface area contributed by atoms with Gasteiger partial charge in [-0.1, -0.05) is 18.3 Å². The maximum Gasteiger partial charge on any atom is 0.431 e. The molecule has 0 saturated carbocycles. The molecular formula is C12H9F3N3O2Y-. The van der Waals surface area contributed by atoms with E-state index in [-0.39, 0.29) is 38.4 Å². The van der Waals surface area contributed by atoms with Gasteiger partial charge in [0.2, 0.25) is 0 Å². The monoisotopic (exact) mass is 373 g/mol. The number of nitrogen functional groups attached to an aromatic ring is 1. The molecule has 0 aliphatic heterocycles. The van der Waals surface area contributed by atoms with Gasteiger partial charge >= 0.3 is 11.9 Å². The van der Waals surface area contributed by atoms with Gasteiger partial charge in [-0.3, -0.25) is 9.36 Å². The van der Waals surface area contributed by atoms with Crippen molar-refractivity contribution in [2.45, 2.75) is 13.1 Å². The second-order valence-electron chi connectivity index (χ2n) is 4.12. The molecule has 109 valence electrons. The van der Waals surface area contributed by atoms with Crippen molar-refractivity contribution in [3.8, 4) is 5.69 Å². The van der Waals surface area contributed by atoms with E-state index in [1.807, 2.05) is 0 Å². The van der Waals surface area contributed by atoms with Crippen molar-refractivity contribution in [1.82, 2.24) is 9.55 Å². The number of H-pyrrole nitrogens is 1. The fourth-order valence-electron chi connectivity index (χ4n) is 1.57. The van der Waals surface area contributed by atoms with Gasteiger partial charge in [0.1, 0.15) is 5.69 Å². The van der Waals surface area contributed by atoms with Crippen LogP contribution in [0, 0.1) is 13.0 Å². The fraction of sp³-hybridized carbons (Fsp3) is 0.167. The normalized spacial score (nSPS) is 11.0. The number of nitrogens with one attached hydrogen (secondary N) is 1. The van der Waals surface area contributed by atoms with E-state index < -0.39 is 23.1 Å². The fourth-order valence-corrected chi connectivity index (χ4v) is 1.57. The Kier molecular flexibility index (Phi) is 5.17. The summed E-state index contributed by atoms with van der Waals surface area (Å²) >= 11 is 0. The van der Waals surface area contributed by atoms with Crippen molar-refractivity contribution >= 4 is 5.69 Å². The van der Waals surface area contributed by atoms with Gasteiger partial charge in [-0.2, -0.15) is 25.3 Å². The van der Waals surface area contributed by atoms with Crippen molar-refractivity contribution in [3.63, 3.8) is 0 Å². The largest absolute Gasteiger partial charge is 0.431 e. The van der Waals surface area contributed by atoms with Gasteiger partial charge in [-0.25, -0.2) is 4.79 Å². The van der Waals surface area contributed by atoms with E-state index in [1.165, 1.54) is 12.1 Å². The van der Waals surface area contributed by atoms with Crippen molar-refractivity contribution in [2.24, 2.45) is 0 Å². The number of aromatic nitrogens is 2. The first-order valence-electron chi connectivity index (χ1n) is 5.42. The molecule has 5 nitrogen and oxygen atoms in total. The van der Waals surface area contributed by atoms with Crippen LogP contribution in [0.3, 0.4) is 0 Å². The molecule has 0 atom stereocenters. The zero-order valence-electron chi connectivity index (χ0n) is 10.8. The molecule has 0 spiro atoms. The zero-order chi connectivity index (χ0) is 15.1. The van der Waals surface area contributed by atoms with Crippen molar-refractivity contribution in [3.05, 3.63) is 56.4 Å². The summed E-state index contributed by atoms with van der Waals surface area (Å²) < 4.78 is 37.9. The molecule has 0 amide bonds. The Hall–Kier alpha value is -1.41. The number of nitrogens with zero attached hydrogens (tertiary/aromatic N) is 1. The maximum atomic E-state index is 12.5. The first-order chi connectivity index (χ1) is 9.20. The van der Waals surface area contributed by atoms with Crippen LogP contribution in [0.1, 0.15) is 11.3 Å². The second-order valence-corrected chi connectivity index (χ2v) is 4.12. The van der Waals surface area contributed by atoms with E-state index >= 15 is 0 Å². The topological polar surface area (TPSA) is 80.9 Å². The van der Waals surface area contributed by atoms with E-state index in [0.717, 1.165) is 0 Å². The predicted molar refractivity (Wildman–Crippen MR) is 65.6 cm³/mol. The van der Waals surface area contributed by atoms with E-state index in [0.29, 0.717) is 21.9 Å². The van der Waals surface area contributed by atoms with Crippen LogP contribution < -0.4 is 17.0 Å². The smallest absolute Gasteiger partial charge is 0.419 e. The summed E-state index contributed by atoms with van der Waals surface area (Å²) in [6.07, 6.45) is -4.80. The van der Waals surface area contributed by atoms with Crippen LogP contribution in [-0.2, 0) is 38.9 Å². The SMILES string of the molecule is Cc1c[c-]c(-n2c(=O)cc(C(F)(F)F)[nH]c2=O)cc1N.[Y]. The second kappa shape index (κ2) is 6.15. The Bertz CT molecular complexity index is 749. The van der Waals surface area contributed by atoms with Gasteiger partial charge in [0, 0.05) is 38.8 Å². The molecule has 0 fully saturated rings. The zero-order valence-corrected chi connectivity index (χ0v) is 13.6. The van der Waals surface area contributed by atoms with Crippen molar-refractivity contribution in [2.75, 3.05) is 5.73 Å². The number of aromatic amines is 1. The Morgan fingerprint density at radius 2 is 1.90 bits per heavy atom. The van der Waals surface area contributed by atoms with Crippen molar-refractivity contribution in [1.29, 1.82) is 0 Å². The number of hydrogen-bond acceptors (Lipinski definition) is 3. The van der Waals surface area contributed by atoms with Crippen LogP contribution in [0.25, 0.3) is 5.69 Å². The van der Waals surface area contributed by atoms with Crippen LogP contribution in [0.2, 0.25) is 0 Å². The van der Waals surface area contributed by atoms with Crippen LogP contribution in [0.5, 0.6) is 0 Å². The van der Waals surface area contributed by atoms with Gasteiger partial charge < -0.3 is 10.7 Å². The van der Waals surface area contributed by atoms with Gasteiger partial charge in [0.25, 0.3) is 5.56 Å². The van der Waals surface area contributed by atoms with Crippen LogP contribution >= 0.6 is 0 Å². The summed E-state index contributed by atoms with van der Waals surface area (Å²) in [5.41, 5.74) is 2.86. The average molecular weight is 373 g/mol. The van der Waals surface area contributed by atoms with E-state index in [4.69, 9.17) is 5.73 Å². The van der Waals surface area contributed by atoms with E-state index in [9.17, 15) is 22.8 Å². The minimum atomic E-state index is -4.80. The van der Waals surface area contributed by atoms with Gasteiger partial charge in [0.15, 0.2) is 0 Å². The Morgan fingerprint density at radius 3 is 2.38 bits per heavy atom.